The molecule has 0 atom stereocenters. The van der Waals surface area contributed by atoms with Gasteiger partial charge in [0.05, 0.1) is 25.1 Å². The van der Waals surface area contributed by atoms with Crippen LogP contribution in [0.4, 0.5) is 0 Å². The van der Waals surface area contributed by atoms with Crippen molar-refractivity contribution in [3.05, 3.63) is 60.2 Å². The smallest absolute Gasteiger partial charge is 0.265 e. The number of amides is 2. The lowest BCUT2D eigenvalue weighted by Crippen LogP contribution is -2.53. The molecule has 14 heteroatoms. The number of unbranched alkanes of at least 4 members (excludes halogenated alkanes) is 2. The van der Waals surface area contributed by atoms with Gasteiger partial charge in [-0.05, 0) is 43.5 Å². The van der Waals surface area contributed by atoms with Gasteiger partial charge in [0.15, 0.2) is 0 Å². The fraction of sp³-hybridized carbons (Fsp3) is 0.391. The standard InChI is InChI=1S/C23H28N8O2S4/c32-20(18-4-8-24-9-5-18)26-30-14-28(22(34)36-16-30)12-2-1-3-13-29-15-31(17-37-23(29)35)27-21(33)19-6-10-25-11-7-19/h4-11H,1-3,12-17H2,(H,26,32)(H,27,33). The summed E-state index contributed by atoms with van der Waals surface area (Å²) in [7, 11) is 0. The molecule has 0 spiro atoms. The number of nitrogens with zero attached hydrogens (tertiary/aromatic N) is 6. The van der Waals surface area contributed by atoms with E-state index in [1.165, 1.54) is 0 Å². The number of pyridine rings is 2. The van der Waals surface area contributed by atoms with E-state index in [0.717, 1.165) is 41.0 Å². The molecule has 37 heavy (non-hydrogen) atoms. The van der Waals surface area contributed by atoms with E-state index in [1.54, 1.807) is 72.6 Å². The maximum absolute atomic E-state index is 12.4. The number of carbonyl (C=O) groups excluding carboxylic acids is 2. The highest BCUT2D eigenvalue weighted by molar-refractivity contribution is 8.23. The molecular formula is C23H28N8O2S4. The van der Waals surface area contributed by atoms with E-state index in [0.29, 0.717) is 36.2 Å². The van der Waals surface area contributed by atoms with Gasteiger partial charge in [-0.25, -0.2) is 0 Å². The molecule has 0 aliphatic carbocycles. The van der Waals surface area contributed by atoms with Gasteiger partial charge in [0, 0.05) is 49.0 Å². The summed E-state index contributed by atoms with van der Waals surface area (Å²) >= 11 is 14.2. The Labute approximate surface area is 235 Å². The minimum Gasteiger partial charge on any atom is -0.343 e. The Morgan fingerprint density at radius 1 is 0.730 bits per heavy atom. The molecule has 10 nitrogen and oxygen atoms in total. The topological polar surface area (TPSA) is 96.9 Å². The molecule has 0 aromatic carbocycles. The molecular weight excluding hydrogens is 549 g/mol. The molecule has 196 valence electrons. The van der Waals surface area contributed by atoms with Crippen molar-refractivity contribution in [2.24, 2.45) is 0 Å². The van der Waals surface area contributed by atoms with Crippen LogP contribution in [0.15, 0.2) is 49.1 Å². The minimum absolute atomic E-state index is 0.155. The number of nitrogens with one attached hydrogen (secondary N) is 2. The number of carbonyl (C=O) groups is 2. The predicted molar refractivity (Wildman–Crippen MR) is 154 cm³/mol. The van der Waals surface area contributed by atoms with Crippen LogP contribution in [-0.4, -0.2) is 88.4 Å². The summed E-state index contributed by atoms with van der Waals surface area (Å²) in [5.74, 6) is 0.920. The van der Waals surface area contributed by atoms with Gasteiger partial charge in [-0.15, -0.1) is 0 Å². The number of thiocarbonyl (C=S) groups is 2. The molecule has 2 amide bonds. The van der Waals surface area contributed by atoms with Gasteiger partial charge in [0.1, 0.15) is 8.64 Å². The average Bonchev–Trinajstić information content (AvgIpc) is 2.92. The van der Waals surface area contributed by atoms with E-state index in [2.05, 4.69) is 30.6 Å². The second kappa shape index (κ2) is 14.0. The number of aromatic nitrogens is 2. The number of rotatable bonds is 10. The van der Waals surface area contributed by atoms with Gasteiger partial charge in [-0.3, -0.25) is 30.4 Å². The van der Waals surface area contributed by atoms with Crippen LogP contribution in [0.2, 0.25) is 0 Å². The Kier molecular flexibility index (Phi) is 10.5. The van der Waals surface area contributed by atoms with Crippen molar-refractivity contribution < 1.29 is 9.59 Å². The summed E-state index contributed by atoms with van der Waals surface area (Å²) in [5.41, 5.74) is 7.04. The van der Waals surface area contributed by atoms with E-state index >= 15 is 0 Å². The van der Waals surface area contributed by atoms with Crippen molar-refractivity contribution in [3.8, 4) is 0 Å². The summed E-state index contributed by atoms with van der Waals surface area (Å²) < 4.78 is 1.70. The minimum atomic E-state index is -0.155. The predicted octanol–water partition coefficient (Wildman–Crippen LogP) is 2.74. The van der Waals surface area contributed by atoms with Crippen molar-refractivity contribution in [3.63, 3.8) is 0 Å². The van der Waals surface area contributed by atoms with E-state index in [4.69, 9.17) is 24.4 Å². The van der Waals surface area contributed by atoms with Crippen LogP contribution >= 0.6 is 48.0 Å². The first-order chi connectivity index (χ1) is 18.0. The summed E-state index contributed by atoms with van der Waals surface area (Å²) in [5, 5.41) is 3.75. The first kappa shape index (κ1) is 27.7. The third kappa shape index (κ3) is 8.32. The lowest BCUT2D eigenvalue weighted by atomic mass is 10.2. The molecule has 0 bridgehead atoms. The van der Waals surface area contributed by atoms with Gasteiger partial charge in [0.2, 0.25) is 0 Å². The third-order valence-electron chi connectivity index (χ3n) is 5.65. The first-order valence-electron chi connectivity index (χ1n) is 11.7. The molecule has 4 rings (SSSR count). The summed E-state index contributed by atoms with van der Waals surface area (Å²) in [6, 6.07) is 6.76. The molecule has 2 fully saturated rings. The van der Waals surface area contributed by atoms with Crippen molar-refractivity contribution in [2.75, 3.05) is 38.2 Å². The number of hydrazine groups is 2. The van der Waals surface area contributed by atoms with Crippen LogP contribution in [0.1, 0.15) is 40.0 Å². The van der Waals surface area contributed by atoms with Gasteiger partial charge in [-0.2, -0.15) is 10.0 Å². The van der Waals surface area contributed by atoms with E-state index in [-0.39, 0.29) is 11.8 Å². The monoisotopic (exact) mass is 576 g/mol. The van der Waals surface area contributed by atoms with Crippen LogP contribution in [0.5, 0.6) is 0 Å². The van der Waals surface area contributed by atoms with Crippen LogP contribution in [0.25, 0.3) is 0 Å². The number of thioether (sulfide) groups is 2. The maximum atomic E-state index is 12.4. The van der Waals surface area contributed by atoms with Crippen LogP contribution in [0.3, 0.4) is 0 Å². The highest BCUT2D eigenvalue weighted by atomic mass is 32.2. The molecule has 2 aromatic heterocycles. The molecule has 2 aliphatic heterocycles. The average molecular weight is 577 g/mol. The Bertz CT molecular complexity index is 1010. The molecule has 4 heterocycles. The summed E-state index contributed by atoms with van der Waals surface area (Å²) in [6.07, 6.45) is 9.38. The molecule has 2 aromatic rings. The Morgan fingerprint density at radius 2 is 1.14 bits per heavy atom. The Hall–Kier alpha value is -2.36. The fourth-order valence-electron chi connectivity index (χ4n) is 3.72. The molecule has 2 N–H and O–H groups in total. The zero-order chi connectivity index (χ0) is 26.0. The SMILES string of the molecule is O=C(NN1CSC(=S)N(CCCCCN2CN(NC(=O)c3ccncc3)CSC2=S)C1)c1ccncc1. The molecule has 0 radical (unpaired) electrons. The van der Waals surface area contributed by atoms with Gasteiger partial charge >= 0.3 is 0 Å². The van der Waals surface area contributed by atoms with Crippen LogP contribution < -0.4 is 10.9 Å². The second-order valence-corrected chi connectivity index (χ2v) is 11.5. The van der Waals surface area contributed by atoms with E-state index in [9.17, 15) is 9.59 Å². The largest absolute Gasteiger partial charge is 0.343 e. The van der Waals surface area contributed by atoms with Crippen molar-refractivity contribution in [1.82, 2.24) is 40.6 Å². The van der Waals surface area contributed by atoms with E-state index in [1.807, 2.05) is 10.0 Å². The van der Waals surface area contributed by atoms with Gasteiger partial charge in [0.25, 0.3) is 11.8 Å². The van der Waals surface area contributed by atoms with Crippen LogP contribution in [0, 0.1) is 0 Å². The fourth-order valence-corrected chi connectivity index (χ4v) is 5.82. The van der Waals surface area contributed by atoms with Gasteiger partial charge < -0.3 is 9.80 Å². The Morgan fingerprint density at radius 3 is 1.54 bits per heavy atom. The zero-order valence-electron chi connectivity index (χ0n) is 20.1. The second-order valence-electron chi connectivity index (χ2n) is 8.38. The first-order valence-corrected chi connectivity index (χ1v) is 14.5. The van der Waals surface area contributed by atoms with Gasteiger partial charge in [-0.1, -0.05) is 48.0 Å². The van der Waals surface area contributed by atoms with Crippen molar-refractivity contribution in [1.29, 1.82) is 0 Å². The zero-order valence-corrected chi connectivity index (χ0v) is 23.4. The lowest BCUT2D eigenvalue weighted by molar-refractivity contribution is 0.0747. The van der Waals surface area contributed by atoms with Crippen molar-refractivity contribution in [2.45, 2.75) is 19.3 Å². The summed E-state index contributed by atoms with van der Waals surface area (Å²) in [4.78, 5) is 37.0. The van der Waals surface area contributed by atoms with Crippen molar-refractivity contribution >= 4 is 68.4 Å². The quantitative estimate of drug-likeness (QED) is 0.322. The van der Waals surface area contributed by atoms with E-state index < -0.39 is 0 Å². The highest BCUT2D eigenvalue weighted by Crippen LogP contribution is 2.20. The molecule has 0 unspecified atom stereocenters. The number of hydrogen-bond acceptors (Lipinski definition) is 10. The highest BCUT2D eigenvalue weighted by Gasteiger charge is 2.24. The normalized spacial score (nSPS) is 17.1. The lowest BCUT2D eigenvalue weighted by Gasteiger charge is -2.37. The van der Waals surface area contributed by atoms with Crippen LogP contribution in [-0.2, 0) is 0 Å². The molecule has 2 saturated heterocycles. The summed E-state index contributed by atoms with van der Waals surface area (Å²) in [6.45, 7) is 2.75. The molecule has 0 saturated carbocycles. The molecule has 2 aliphatic rings. The number of hydrogen-bond donors (Lipinski definition) is 2. The third-order valence-corrected chi connectivity index (χ3v) is 8.76. The maximum Gasteiger partial charge on any atom is 0.265 e. The Balaban J connectivity index is 1.16.